The van der Waals surface area contributed by atoms with E-state index in [9.17, 15) is 4.79 Å². The number of carbonyl (C=O) groups is 1. The normalized spacial score (nSPS) is 10.0. The van der Waals surface area contributed by atoms with Crippen LogP contribution in [0.25, 0.3) is 0 Å². The Balaban J connectivity index is 1.95. The van der Waals surface area contributed by atoms with E-state index in [1.165, 1.54) is 6.20 Å². The zero-order valence-electron chi connectivity index (χ0n) is 10.6. The molecule has 1 amide bonds. The van der Waals surface area contributed by atoms with Crippen molar-refractivity contribution in [1.29, 1.82) is 0 Å². The number of nitrogen functional groups attached to an aromatic ring is 1. The van der Waals surface area contributed by atoms with Crippen LogP contribution >= 0.6 is 0 Å². The van der Waals surface area contributed by atoms with E-state index in [-0.39, 0.29) is 5.91 Å². The van der Waals surface area contributed by atoms with Crippen molar-refractivity contribution in [1.82, 2.24) is 15.3 Å². The molecule has 0 aliphatic carbocycles. The molecule has 0 spiro atoms. The Morgan fingerprint density at radius 1 is 1.21 bits per heavy atom. The minimum atomic E-state index is -0.232. The number of hydrogen-bond donors (Lipinski definition) is 3. The van der Waals surface area contributed by atoms with Crippen molar-refractivity contribution >= 4 is 11.6 Å². The molecule has 0 aliphatic rings. The molecular formula is C13H15N5O. The average molecular weight is 257 g/mol. The van der Waals surface area contributed by atoms with Gasteiger partial charge in [-0.2, -0.15) is 0 Å². The fraction of sp³-hybridized carbons (Fsp3) is 0.154. The highest BCUT2D eigenvalue weighted by Gasteiger charge is 2.06. The summed E-state index contributed by atoms with van der Waals surface area (Å²) in [5.74, 6) is 4.99. The summed E-state index contributed by atoms with van der Waals surface area (Å²) in [6.45, 7) is 2.34. The van der Waals surface area contributed by atoms with Gasteiger partial charge in [-0.15, -0.1) is 0 Å². The van der Waals surface area contributed by atoms with Crippen molar-refractivity contribution in [2.45, 2.75) is 13.5 Å². The smallest absolute Gasteiger partial charge is 0.270 e. The van der Waals surface area contributed by atoms with Gasteiger partial charge in [0.2, 0.25) is 0 Å². The number of aromatic nitrogens is 2. The molecule has 6 heteroatoms. The standard InChI is InChI=1S/C13H15N5O/c1-9-2-3-10(6-15-9)7-17-13(19)12-5-4-11(18-14)8-16-12/h2-6,8,18H,7,14H2,1H3,(H,17,19). The van der Waals surface area contributed by atoms with Crippen LogP contribution < -0.4 is 16.6 Å². The number of aryl methyl sites for hydroxylation is 1. The molecule has 0 unspecified atom stereocenters. The number of nitrogens with zero attached hydrogens (tertiary/aromatic N) is 2. The van der Waals surface area contributed by atoms with Gasteiger partial charge in [-0.1, -0.05) is 6.07 Å². The molecule has 0 atom stereocenters. The Morgan fingerprint density at radius 2 is 2.05 bits per heavy atom. The van der Waals surface area contributed by atoms with Crippen LogP contribution in [0, 0.1) is 6.92 Å². The summed E-state index contributed by atoms with van der Waals surface area (Å²) in [5.41, 5.74) is 5.34. The first-order valence-electron chi connectivity index (χ1n) is 5.81. The number of nitrogens with two attached hydrogens (primary N) is 1. The lowest BCUT2D eigenvalue weighted by Crippen LogP contribution is -2.24. The van der Waals surface area contributed by atoms with Crippen LogP contribution in [0.2, 0.25) is 0 Å². The second kappa shape index (κ2) is 5.92. The number of rotatable bonds is 4. The number of hydrogen-bond acceptors (Lipinski definition) is 5. The summed E-state index contributed by atoms with van der Waals surface area (Å²) in [6.07, 6.45) is 3.24. The zero-order chi connectivity index (χ0) is 13.7. The third kappa shape index (κ3) is 3.49. The van der Waals surface area contributed by atoms with Crippen LogP contribution in [-0.4, -0.2) is 15.9 Å². The SMILES string of the molecule is Cc1ccc(CNC(=O)c2ccc(NN)cn2)cn1. The molecule has 2 aromatic rings. The minimum Gasteiger partial charge on any atom is -0.347 e. The summed E-state index contributed by atoms with van der Waals surface area (Å²) in [5, 5.41) is 2.78. The topological polar surface area (TPSA) is 92.9 Å². The highest BCUT2D eigenvalue weighted by atomic mass is 16.1. The van der Waals surface area contributed by atoms with Gasteiger partial charge in [0.1, 0.15) is 5.69 Å². The lowest BCUT2D eigenvalue weighted by atomic mass is 10.2. The molecule has 2 heterocycles. The molecule has 0 aromatic carbocycles. The van der Waals surface area contributed by atoms with Gasteiger partial charge in [0, 0.05) is 18.4 Å². The Bertz CT molecular complexity index is 550. The molecule has 0 saturated heterocycles. The Hall–Kier alpha value is -2.47. The number of hydrazine groups is 1. The average Bonchev–Trinajstić information content (AvgIpc) is 2.46. The zero-order valence-corrected chi connectivity index (χ0v) is 10.6. The second-order valence-electron chi connectivity index (χ2n) is 4.07. The van der Waals surface area contributed by atoms with Crippen molar-refractivity contribution < 1.29 is 4.79 Å². The number of nitrogens with one attached hydrogen (secondary N) is 2. The summed E-state index contributed by atoms with van der Waals surface area (Å²) in [6, 6.07) is 7.13. The summed E-state index contributed by atoms with van der Waals surface area (Å²) in [4.78, 5) is 20.0. The molecule has 0 aliphatic heterocycles. The maximum Gasteiger partial charge on any atom is 0.270 e. The molecule has 0 bridgehead atoms. The van der Waals surface area contributed by atoms with Crippen LogP contribution in [0.5, 0.6) is 0 Å². The highest BCUT2D eigenvalue weighted by molar-refractivity contribution is 5.92. The van der Waals surface area contributed by atoms with Gasteiger partial charge < -0.3 is 10.7 Å². The lowest BCUT2D eigenvalue weighted by Gasteiger charge is -2.05. The molecule has 6 nitrogen and oxygen atoms in total. The van der Waals surface area contributed by atoms with E-state index in [1.54, 1.807) is 18.3 Å². The quantitative estimate of drug-likeness (QED) is 0.561. The van der Waals surface area contributed by atoms with Crippen LogP contribution in [0.15, 0.2) is 36.7 Å². The Kier molecular flexibility index (Phi) is 4.04. The largest absolute Gasteiger partial charge is 0.347 e. The van der Waals surface area contributed by atoms with E-state index >= 15 is 0 Å². The first-order valence-corrected chi connectivity index (χ1v) is 5.81. The molecule has 98 valence electrons. The van der Waals surface area contributed by atoms with Gasteiger partial charge in [-0.25, -0.2) is 4.98 Å². The summed E-state index contributed by atoms with van der Waals surface area (Å²) < 4.78 is 0. The van der Waals surface area contributed by atoms with Crippen molar-refractivity contribution in [3.8, 4) is 0 Å². The van der Waals surface area contributed by atoms with Gasteiger partial charge in [-0.3, -0.25) is 15.6 Å². The van der Waals surface area contributed by atoms with Crippen LogP contribution in [-0.2, 0) is 6.54 Å². The van der Waals surface area contributed by atoms with E-state index < -0.39 is 0 Å². The van der Waals surface area contributed by atoms with Crippen molar-refractivity contribution in [3.05, 3.63) is 53.6 Å². The predicted octanol–water partition coefficient (Wildman–Crippen LogP) is 1.00. The minimum absolute atomic E-state index is 0.232. The molecule has 4 N–H and O–H groups in total. The number of amides is 1. The Labute approximate surface area is 111 Å². The molecule has 0 radical (unpaired) electrons. The van der Waals surface area contributed by atoms with Crippen LogP contribution in [0.1, 0.15) is 21.7 Å². The van der Waals surface area contributed by atoms with E-state index in [2.05, 4.69) is 20.7 Å². The molecule has 19 heavy (non-hydrogen) atoms. The first-order chi connectivity index (χ1) is 9.19. The van der Waals surface area contributed by atoms with E-state index in [4.69, 9.17) is 5.84 Å². The number of carbonyl (C=O) groups excluding carboxylic acids is 1. The third-order valence-electron chi connectivity index (χ3n) is 2.59. The molecule has 0 fully saturated rings. The third-order valence-corrected chi connectivity index (χ3v) is 2.59. The summed E-state index contributed by atoms with van der Waals surface area (Å²) >= 11 is 0. The predicted molar refractivity (Wildman–Crippen MR) is 72.2 cm³/mol. The van der Waals surface area contributed by atoms with Gasteiger partial charge >= 0.3 is 0 Å². The van der Waals surface area contributed by atoms with E-state index in [0.717, 1.165) is 11.3 Å². The molecular weight excluding hydrogens is 242 g/mol. The fourth-order valence-electron chi connectivity index (χ4n) is 1.49. The number of pyridine rings is 2. The van der Waals surface area contributed by atoms with E-state index in [0.29, 0.717) is 17.9 Å². The van der Waals surface area contributed by atoms with Crippen molar-refractivity contribution in [2.75, 3.05) is 5.43 Å². The Morgan fingerprint density at radius 3 is 2.63 bits per heavy atom. The van der Waals surface area contributed by atoms with Gasteiger partial charge in [0.15, 0.2) is 0 Å². The maximum atomic E-state index is 11.8. The van der Waals surface area contributed by atoms with Crippen LogP contribution in [0.3, 0.4) is 0 Å². The molecule has 2 rings (SSSR count). The van der Waals surface area contributed by atoms with Crippen molar-refractivity contribution in [3.63, 3.8) is 0 Å². The van der Waals surface area contributed by atoms with Gasteiger partial charge in [-0.05, 0) is 30.7 Å². The fourth-order valence-corrected chi connectivity index (χ4v) is 1.49. The van der Waals surface area contributed by atoms with Crippen LogP contribution in [0.4, 0.5) is 5.69 Å². The van der Waals surface area contributed by atoms with Gasteiger partial charge in [0.05, 0.1) is 11.9 Å². The summed E-state index contributed by atoms with van der Waals surface area (Å²) in [7, 11) is 0. The highest BCUT2D eigenvalue weighted by Crippen LogP contribution is 2.04. The van der Waals surface area contributed by atoms with E-state index in [1.807, 2.05) is 19.1 Å². The maximum absolute atomic E-state index is 11.8. The number of anilines is 1. The molecule has 0 saturated carbocycles. The van der Waals surface area contributed by atoms with Gasteiger partial charge in [0.25, 0.3) is 5.91 Å². The monoisotopic (exact) mass is 257 g/mol. The molecule has 2 aromatic heterocycles. The lowest BCUT2D eigenvalue weighted by molar-refractivity contribution is 0.0946. The van der Waals surface area contributed by atoms with Crippen molar-refractivity contribution in [2.24, 2.45) is 5.84 Å². The second-order valence-corrected chi connectivity index (χ2v) is 4.07. The first kappa shape index (κ1) is 13.0.